The Bertz CT molecular complexity index is 357. The van der Waals surface area contributed by atoms with Crippen LogP contribution in [0.1, 0.15) is 46.5 Å². The molecule has 0 aromatic heterocycles. The predicted molar refractivity (Wildman–Crippen MR) is 75.2 cm³/mol. The number of alkyl halides is 3. The molecule has 1 unspecified atom stereocenters. The van der Waals surface area contributed by atoms with Crippen LogP contribution in [0, 0.1) is 0 Å². The van der Waals surface area contributed by atoms with Gasteiger partial charge in [0.1, 0.15) is 0 Å². The van der Waals surface area contributed by atoms with Gasteiger partial charge in [0.25, 0.3) is 0 Å². The Morgan fingerprint density at radius 3 is 2.33 bits per heavy atom. The lowest BCUT2D eigenvalue weighted by atomic mass is 9.87. The molecule has 0 aliphatic carbocycles. The lowest BCUT2D eigenvalue weighted by Gasteiger charge is -2.40. The van der Waals surface area contributed by atoms with Gasteiger partial charge in [-0.3, -0.25) is 5.01 Å². The first-order valence-corrected chi connectivity index (χ1v) is 7.29. The standard InChI is InChI=1S/C14H25F3N2O2/c1-5-13(6-2,21-4)11-8-7-9-19(11)18-10-12(3,20)14(15,16)17/h10-11,20H,5-9H2,1-4H3/b18-10+/t11-,12?/m0/s1. The van der Waals surface area contributed by atoms with Gasteiger partial charge in [0.15, 0.2) is 5.60 Å². The second-order valence-electron chi connectivity index (χ2n) is 5.69. The van der Waals surface area contributed by atoms with E-state index in [-0.39, 0.29) is 6.04 Å². The van der Waals surface area contributed by atoms with Crippen LogP contribution >= 0.6 is 0 Å². The highest BCUT2D eigenvalue weighted by Crippen LogP contribution is 2.35. The number of methoxy groups -OCH3 is 1. The third-order valence-corrected chi connectivity index (χ3v) is 4.47. The lowest BCUT2D eigenvalue weighted by molar-refractivity contribution is -0.222. The Labute approximate surface area is 124 Å². The van der Waals surface area contributed by atoms with Gasteiger partial charge in [-0.2, -0.15) is 18.3 Å². The van der Waals surface area contributed by atoms with Gasteiger partial charge in [-0.05, 0) is 32.6 Å². The molecule has 4 nitrogen and oxygen atoms in total. The second kappa shape index (κ2) is 6.52. The first-order valence-electron chi connectivity index (χ1n) is 7.29. The van der Waals surface area contributed by atoms with E-state index in [2.05, 4.69) is 5.10 Å². The van der Waals surface area contributed by atoms with E-state index in [0.29, 0.717) is 19.7 Å². The van der Waals surface area contributed by atoms with Crippen LogP contribution in [0.3, 0.4) is 0 Å². The van der Waals surface area contributed by atoms with Gasteiger partial charge in [0.05, 0.1) is 17.9 Å². The van der Waals surface area contributed by atoms with Crippen molar-refractivity contribution in [3.8, 4) is 0 Å². The minimum absolute atomic E-state index is 0.0715. The molecule has 0 aromatic carbocycles. The highest BCUT2D eigenvalue weighted by atomic mass is 19.4. The molecule has 1 fully saturated rings. The van der Waals surface area contributed by atoms with Crippen molar-refractivity contribution in [3.63, 3.8) is 0 Å². The molecule has 7 heteroatoms. The summed E-state index contributed by atoms with van der Waals surface area (Å²) >= 11 is 0. The van der Waals surface area contributed by atoms with Crippen molar-refractivity contribution in [1.29, 1.82) is 0 Å². The lowest BCUT2D eigenvalue weighted by Crippen LogP contribution is -2.50. The van der Waals surface area contributed by atoms with Gasteiger partial charge in [-0.1, -0.05) is 13.8 Å². The Morgan fingerprint density at radius 2 is 1.90 bits per heavy atom. The Hall–Kier alpha value is -0.820. The van der Waals surface area contributed by atoms with Crippen LogP contribution in [0.2, 0.25) is 0 Å². The SMILES string of the molecule is CCC(CC)(OC)[C@@H]1CCCN1/N=C/C(C)(O)C(F)(F)F. The van der Waals surface area contributed by atoms with E-state index in [9.17, 15) is 18.3 Å². The summed E-state index contributed by atoms with van der Waals surface area (Å²) in [6.45, 7) is 5.27. The summed E-state index contributed by atoms with van der Waals surface area (Å²) in [5, 5.41) is 15.0. The average molecular weight is 310 g/mol. The Kier molecular flexibility index (Phi) is 5.66. The van der Waals surface area contributed by atoms with Gasteiger partial charge in [0, 0.05) is 13.7 Å². The summed E-state index contributed by atoms with van der Waals surface area (Å²) in [5.41, 5.74) is -3.34. The zero-order valence-electron chi connectivity index (χ0n) is 13.1. The molecule has 21 heavy (non-hydrogen) atoms. The van der Waals surface area contributed by atoms with Gasteiger partial charge in [0.2, 0.25) is 0 Å². The molecule has 0 bridgehead atoms. The quantitative estimate of drug-likeness (QED) is 0.767. The van der Waals surface area contributed by atoms with Gasteiger partial charge in [-0.25, -0.2) is 0 Å². The van der Waals surface area contributed by atoms with E-state index in [0.717, 1.165) is 25.7 Å². The fraction of sp³-hybridized carbons (Fsp3) is 0.929. The van der Waals surface area contributed by atoms with E-state index < -0.39 is 17.4 Å². The van der Waals surface area contributed by atoms with Gasteiger partial charge < -0.3 is 9.84 Å². The van der Waals surface area contributed by atoms with Gasteiger partial charge >= 0.3 is 6.18 Å². The van der Waals surface area contributed by atoms with Gasteiger partial charge in [-0.15, -0.1) is 0 Å². The van der Waals surface area contributed by atoms with E-state index in [4.69, 9.17) is 4.74 Å². The van der Waals surface area contributed by atoms with E-state index >= 15 is 0 Å². The van der Waals surface area contributed by atoms with Crippen molar-refractivity contribution < 1.29 is 23.0 Å². The molecule has 2 atom stereocenters. The molecule has 1 aliphatic heterocycles. The second-order valence-corrected chi connectivity index (χ2v) is 5.69. The molecule has 1 aliphatic rings. The number of rotatable bonds is 6. The summed E-state index contributed by atoms with van der Waals surface area (Å²) < 4.78 is 43.6. The first kappa shape index (κ1) is 18.2. The van der Waals surface area contributed by atoms with Crippen molar-refractivity contribution >= 4 is 6.21 Å². The summed E-state index contributed by atoms with van der Waals surface area (Å²) in [6, 6.07) is -0.0715. The maximum atomic E-state index is 12.7. The predicted octanol–water partition coefficient (Wildman–Crippen LogP) is 2.96. The largest absolute Gasteiger partial charge is 0.422 e. The number of hydrogen-bond donors (Lipinski definition) is 1. The highest BCUT2D eigenvalue weighted by Gasteiger charge is 2.49. The fourth-order valence-electron chi connectivity index (χ4n) is 2.83. The number of hydrazone groups is 1. The minimum atomic E-state index is -4.74. The van der Waals surface area contributed by atoms with Crippen LogP contribution < -0.4 is 0 Å². The molecular formula is C14H25F3N2O2. The van der Waals surface area contributed by atoms with Crippen molar-refractivity contribution in [2.24, 2.45) is 5.10 Å². The molecule has 0 saturated carbocycles. The van der Waals surface area contributed by atoms with E-state index in [1.165, 1.54) is 0 Å². The Morgan fingerprint density at radius 1 is 1.33 bits per heavy atom. The van der Waals surface area contributed by atoms with Crippen LogP contribution in [0.5, 0.6) is 0 Å². The molecule has 1 rings (SSSR count). The number of aliphatic hydroxyl groups is 1. The van der Waals surface area contributed by atoms with Crippen molar-refractivity contribution in [2.45, 2.75) is 69.9 Å². The normalized spacial score (nSPS) is 23.8. The van der Waals surface area contributed by atoms with Crippen LogP contribution in [-0.2, 0) is 4.74 Å². The number of hydrogen-bond acceptors (Lipinski definition) is 4. The van der Waals surface area contributed by atoms with Crippen LogP contribution in [0.15, 0.2) is 5.10 Å². The van der Waals surface area contributed by atoms with Crippen molar-refractivity contribution in [1.82, 2.24) is 5.01 Å². The van der Waals surface area contributed by atoms with E-state index in [1.807, 2.05) is 13.8 Å². The number of nitrogens with zero attached hydrogens (tertiary/aromatic N) is 2. The molecule has 124 valence electrons. The third-order valence-electron chi connectivity index (χ3n) is 4.47. The van der Waals surface area contributed by atoms with Crippen LogP contribution in [-0.4, -0.2) is 53.4 Å². The summed E-state index contributed by atoms with van der Waals surface area (Å²) in [7, 11) is 1.62. The third kappa shape index (κ3) is 3.69. The zero-order chi connectivity index (χ0) is 16.3. The monoisotopic (exact) mass is 310 g/mol. The van der Waals surface area contributed by atoms with E-state index in [1.54, 1.807) is 12.1 Å². The molecule has 0 radical (unpaired) electrons. The molecule has 0 amide bonds. The number of ether oxygens (including phenoxy) is 1. The summed E-state index contributed by atoms with van der Waals surface area (Å²) in [6.07, 6.45) is -0.975. The highest BCUT2D eigenvalue weighted by molar-refractivity contribution is 5.68. The van der Waals surface area contributed by atoms with Crippen molar-refractivity contribution in [3.05, 3.63) is 0 Å². The summed E-state index contributed by atoms with van der Waals surface area (Å²) in [4.78, 5) is 0. The average Bonchev–Trinajstić information content (AvgIpc) is 2.87. The number of halogens is 3. The maximum Gasteiger partial charge on any atom is 0.422 e. The maximum absolute atomic E-state index is 12.7. The molecule has 0 aromatic rings. The summed E-state index contributed by atoms with van der Waals surface area (Å²) in [5.74, 6) is 0. The zero-order valence-corrected chi connectivity index (χ0v) is 13.1. The minimum Gasteiger partial charge on any atom is -0.376 e. The van der Waals surface area contributed by atoms with Crippen LogP contribution in [0.25, 0.3) is 0 Å². The molecule has 1 heterocycles. The molecular weight excluding hydrogens is 285 g/mol. The smallest absolute Gasteiger partial charge is 0.376 e. The first-order chi connectivity index (χ1) is 9.63. The topological polar surface area (TPSA) is 45.1 Å². The van der Waals surface area contributed by atoms with Crippen molar-refractivity contribution in [2.75, 3.05) is 13.7 Å². The Balaban J connectivity index is 2.93. The van der Waals surface area contributed by atoms with Crippen LogP contribution in [0.4, 0.5) is 13.2 Å². The fourth-order valence-corrected chi connectivity index (χ4v) is 2.83. The molecule has 0 spiro atoms. The molecule has 1 saturated heterocycles. The molecule has 1 N–H and O–H groups in total.